The van der Waals surface area contributed by atoms with Gasteiger partial charge < -0.3 is 9.47 Å². The van der Waals surface area contributed by atoms with Crippen LogP contribution in [0.1, 0.15) is 20.8 Å². The van der Waals surface area contributed by atoms with Gasteiger partial charge in [-0.25, -0.2) is 0 Å². The smallest absolute Gasteiger partial charge is 0.0652 e. The largest absolute Gasteiger partial charge is 0.381 e. The lowest BCUT2D eigenvalue weighted by Gasteiger charge is -2.41. The molecular formula is C12H27O2Si. The van der Waals surface area contributed by atoms with Gasteiger partial charge in [-0.15, -0.1) is 0 Å². The van der Waals surface area contributed by atoms with Crippen molar-refractivity contribution in [3.8, 4) is 0 Å². The molecule has 0 heterocycles. The van der Waals surface area contributed by atoms with Gasteiger partial charge in [-0.3, -0.25) is 0 Å². The number of hydrogen-bond acceptors (Lipinski definition) is 2. The minimum absolute atomic E-state index is 0.0889. The van der Waals surface area contributed by atoms with E-state index in [0.29, 0.717) is 12.1 Å². The Kier molecular flexibility index (Phi) is 6.07. The zero-order valence-corrected chi connectivity index (χ0v) is 12.2. The fourth-order valence-electron chi connectivity index (χ4n) is 2.17. The van der Waals surface area contributed by atoms with Crippen LogP contribution in [-0.4, -0.2) is 33.5 Å². The van der Waals surface area contributed by atoms with E-state index in [1.54, 1.807) is 0 Å². The first-order valence-corrected chi connectivity index (χ1v) is 9.34. The van der Waals surface area contributed by atoms with E-state index in [-0.39, 0.29) is 5.60 Å². The predicted octanol–water partition coefficient (Wildman–Crippen LogP) is 3.36. The highest BCUT2D eigenvalue weighted by atomic mass is 28.3. The standard InChI is InChI=1S/C12H27O2Si/c1-8-13-10-11(15(5,6)7)12(3,4)14-9-2/h11H,1,8-10H2,2-7H3. The molecule has 0 aliphatic rings. The lowest BCUT2D eigenvalue weighted by Crippen LogP contribution is -2.46. The molecule has 0 aromatic rings. The molecule has 15 heavy (non-hydrogen) atoms. The summed E-state index contributed by atoms with van der Waals surface area (Å²) in [6.07, 6.45) is 0. The molecule has 0 fully saturated rings. The Labute approximate surface area is 96.4 Å². The summed E-state index contributed by atoms with van der Waals surface area (Å²) in [5.74, 6) is 0. The van der Waals surface area contributed by atoms with Crippen LogP contribution < -0.4 is 0 Å². The second kappa shape index (κ2) is 6.02. The van der Waals surface area contributed by atoms with Crippen molar-refractivity contribution in [2.75, 3.05) is 19.8 Å². The monoisotopic (exact) mass is 231 g/mol. The van der Waals surface area contributed by atoms with Crippen molar-refractivity contribution in [3.05, 3.63) is 6.92 Å². The molecule has 1 unspecified atom stereocenters. The van der Waals surface area contributed by atoms with Gasteiger partial charge in [-0.05, 0) is 27.7 Å². The fraction of sp³-hybridized carbons (Fsp3) is 0.917. The van der Waals surface area contributed by atoms with E-state index in [4.69, 9.17) is 9.47 Å². The van der Waals surface area contributed by atoms with E-state index in [2.05, 4.69) is 40.4 Å². The zero-order valence-electron chi connectivity index (χ0n) is 11.2. The summed E-state index contributed by atoms with van der Waals surface area (Å²) in [6.45, 7) is 19.3. The highest BCUT2D eigenvalue weighted by molar-refractivity contribution is 6.77. The molecule has 0 spiro atoms. The lowest BCUT2D eigenvalue weighted by atomic mass is 10.1. The average molecular weight is 231 g/mol. The minimum Gasteiger partial charge on any atom is -0.381 e. The first-order chi connectivity index (χ1) is 6.75. The third-order valence-electron chi connectivity index (χ3n) is 2.83. The maximum atomic E-state index is 5.85. The maximum Gasteiger partial charge on any atom is 0.0652 e. The van der Waals surface area contributed by atoms with Crippen LogP contribution in [-0.2, 0) is 9.47 Å². The van der Waals surface area contributed by atoms with E-state index in [9.17, 15) is 0 Å². The Morgan fingerprint density at radius 2 is 1.80 bits per heavy atom. The Balaban J connectivity index is 4.61. The number of hydrogen-bond donors (Lipinski definition) is 0. The molecule has 1 atom stereocenters. The molecular weight excluding hydrogens is 204 g/mol. The van der Waals surface area contributed by atoms with E-state index >= 15 is 0 Å². The maximum absolute atomic E-state index is 5.85. The molecule has 0 N–H and O–H groups in total. The third-order valence-corrected chi connectivity index (χ3v) is 5.78. The van der Waals surface area contributed by atoms with Gasteiger partial charge in [0, 0.05) is 25.4 Å². The third kappa shape index (κ3) is 5.14. The van der Waals surface area contributed by atoms with Crippen molar-refractivity contribution in [2.45, 2.75) is 51.6 Å². The van der Waals surface area contributed by atoms with Crippen LogP contribution in [0.15, 0.2) is 0 Å². The summed E-state index contributed by atoms with van der Waals surface area (Å²) in [5.41, 5.74) is 0.417. The Bertz CT molecular complexity index is 173. The van der Waals surface area contributed by atoms with E-state index in [1.165, 1.54) is 0 Å². The Hall–Kier alpha value is 0.137. The number of rotatable bonds is 7. The lowest BCUT2D eigenvalue weighted by molar-refractivity contribution is -0.0341. The van der Waals surface area contributed by atoms with Crippen molar-refractivity contribution >= 4 is 8.07 Å². The summed E-state index contributed by atoms with van der Waals surface area (Å²) < 4.78 is 11.3. The van der Waals surface area contributed by atoms with Gasteiger partial charge in [0.15, 0.2) is 0 Å². The van der Waals surface area contributed by atoms with Gasteiger partial charge in [0.1, 0.15) is 0 Å². The molecule has 2 nitrogen and oxygen atoms in total. The second-order valence-corrected chi connectivity index (χ2v) is 11.0. The summed E-state index contributed by atoms with van der Waals surface area (Å²) in [5, 5.41) is 0. The van der Waals surface area contributed by atoms with Crippen molar-refractivity contribution in [2.24, 2.45) is 0 Å². The molecule has 0 aliphatic heterocycles. The molecule has 0 saturated heterocycles. The van der Waals surface area contributed by atoms with E-state index < -0.39 is 8.07 Å². The van der Waals surface area contributed by atoms with Gasteiger partial charge in [0.25, 0.3) is 0 Å². The highest BCUT2D eigenvalue weighted by Crippen LogP contribution is 2.35. The molecule has 0 amide bonds. The molecule has 1 radical (unpaired) electrons. The SMILES string of the molecule is [CH2]COCC(C(C)(C)OCC)[Si](C)(C)C. The van der Waals surface area contributed by atoms with Crippen LogP contribution in [0.25, 0.3) is 0 Å². The second-order valence-electron chi connectivity index (χ2n) is 5.53. The summed E-state index contributed by atoms with van der Waals surface area (Å²) in [6, 6.07) is 0. The van der Waals surface area contributed by atoms with Crippen LogP contribution in [0.2, 0.25) is 25.2 Å². The molecule has 0 aromatic carbocycles. The van der Waals surface area contributed by atoms with Crippen LogP contribution in [0.5, 0.6) is 0 Å². The first-order valence-electron chi connectivity index (χ1n) is 5.76. The molecule has 91 valence electrons. The Morgan fingerprint density at radius 3 is 2.13 bits per heavy atom. The molecule has 0 bridgehead atoms. The summed E-state index contributed by atoms with van der Waals surface area (Å²) in [7, 11) is -1.27. The minimum atomic E-state index is -1.27. The van der Waals surface area contributed by atoms with Crippen LogP contribution in [0.4, 0.5) is 0 Å². The molecule has 0 rings (SSSR count). The van der Waals surface area contributed by atoms with Crippen molar-refractivity contribution < 1.29 is 9.47 Å². The van der Waals surface area contributed by atoms with E-state index in [0.717, 1.165) is 13.2 Å². The van der Waals surface area contributed by atoms with Gasteiger partial charge in [-0.2, -0.15) is 0 Å². The quantitative estimate of drug-likeness (QED) is 0.626. The van der Waals surface area contributed by atoms with Crippen molar-refractivity contribution in [3.63, 3.8) is 0 Å². The van der Waals surface area contributed by atoms with Gasteiger partial charge in [0.2, 0.25) is 0 Å². The highest BCUT2D eigenvalue weighted by Gasteiger charge is 2.39. The van der Waals surface area contributed by atoms with Crippen LogP contribution >= 0.6 is 0 Å². The van der Waals surface area contributed by atoms with Crippen molar-refractivity contribution in [1.82, 2.24) is 0 Å². The summed E-state index contributed by atoms with van der Waals surface area (Å²) >= 11 is 0. The van der Waals surface area contributed by atoms with Crippen LogP contribution in [0.3, 0.4) is 0 Å². The van der Waals surface area contributed by atoms with Gasteiger partial charge in [0.05, 0.1) is 13.7 Å². The Morgan fingerprint density at radius 1 is 1.27 bits per heavy atom. The molecule has 3 heteroatoms. The first kappa shape index (κ1) is 15.1. The predicted molar refractivity (Wildman–Crippen MR) is 69.0 cm³/mol. The fourth-order valence-corrected chi connectivity index (χ4v) is 4.95. The van der Waals surface area contributed by atoms with Gasteiger partial charge >= 0.3 is 0 Å². The normalized spacial score (nSPS) is 15.4. The molecule has 0 aliphatic carbocycles. The van der Waals surface area contributed by atoms with Crippen molar-refractivity contribution in [1.29, 1.82) is 0 Å². The zero-order chi connectivity index (χ0) is 12.1. The number of ether oxygens (including phenoxy) is 2. The summed E-state index contributed by atoms with van der Waals surface area (Å²) in [4.78, 5) is 0. The molecule has 0 saturated carbocycles. The molecule has 0 aromatic heterocycles. The topological polar surface area (TPSA) is 18.5 Å². The van der Waals surface area contributed by atoms with E-state index in [1.807, 2.05) is 6.92 Å². The van der Waals surface area contributed by atoms with Crippen LogP contribution in [0, 0.1) is 6.92 Å². The van der Waals surface area contributed by atoms with Gasteiger partial charge in [-0.1, -0.05) is 19.6 Å². The average Bonchev–Trinajstić information content (AvgIpc) is 2.01.